The molecule has 1 fully saturated rings. The predicted molar refractivity (Wildman–Crippen MR) is 83.4 cm³/mol. The molecule has 0 spiro atoms. The van der Waals surface area contributed by atoms with Crippen LogP contribution in [0.3, 0.4) is 0 Å². The summed E-state index contributed by atoms with van der Waals surface area (Å²) in [4.78, 5) is 26.8. The highest BCUT2D eigenvalue weighted by Crippen LogP contribution is 2.42. The number of hydrogen-bond donors (Lipinski definition) is 0. The van der Waals surface area contributed by atoms with Crippen LogP contribution in [0.1, 0.15) is 22.5 Å². The van der Waals surface area contributed by atoms with Crippen LogP contribution in [0.25, 0.3) is 0 Å². The zero-order chi connectivity index (χ0) is 15.5. The molecular formula is C14H20NO4PS. The Morgan fingerprint density at radius 3 is 2.62 bits per heavy atom. The molecule has 1 aromatic rings. The molecule has 0 N–H and O–H groups in total. The smallest absolute Gasteiger partial charge is 0.263 e. The number of piperidine rings is 1. The molecule has 1 aliphatic rings. The third kappa shape index (κ3) is 4.25. The average molecular weight is 329 g/mol. The molecule has 2 rings (SSSR count). The van der Waals surface area contributed by atoms with Gasteiger partial charge in [0.2, 0.25) is 7.37 Å². The Labute approximate surface area is 128 Å². The molecule has 116 valence electrons. The van der Waals surface area contributed by atoms with Crippen molar-refractivity contribution in [2.24, 2.45) is 5.92 Å². The van der Waals surface area contributed by atoms with Crippen molar-refractivity contribution in [3.8, 4) is 0 Å². The summed E-state index contributed by atoms with van der Waals surface area (Å²) in [5.41, 5.74) is 0. The molecule has 0 radical (unpaired) electrons. The molecule has 1 unspecified atom stereocenters. The number of amides is 1. The van der Waals surface area contributed by atoms with Gasteiger partial charge >= 0.3 is 0 Å². The molecule has 21 heavy (non-hydrogen) atoms. The fourth-order valence-electron chi connectivity index (χ4n) is 2.44. The van der Waals surface area contributed by atoms with E-state index in [2.05, 4.69) is 0 Å². The normalized spacial score (nSPS) is 19.2. The van der Waals surface area contributed by atoms with Crippen LogP contribution in [-0.2, 0) is 13.9 Å². The average Bonchev–Trinajstić information content (AvgIpc) is 3.00. The number of ketones is 1. The topological polar surface area (TPSA) is 63.7 Å². The molecule has 1 amide bonds. The molecule has 5 nitrogen and oxygen atoms in total. The molecule has 0 bridgehead atoms. The van der Waals surface area contributed by atoms with Gasteiger partial charge in [-0.3, -0.25) is 14.2 Å². The van der Waals surface area contributed by atoms with E-state index in [1.54, 1.807) is 4.90 Å². The fourth-order valence-corrected chi connectivity index (χ4v) is 4.08. The summed E-state index contributed by atoms with van der Waals surface area (Å²) >= 11 is 1.43. The van der Waals surface area contributed by atoms with Gasteiger partial charge in [0.15, 0.2) is 0 Å². The molecule has 0 aromatic carbocycles. The highest BCUT2D eigenvalue weighted by atomic mass is 32.1. The number of likely N-dealkylation sites (tertiary alicyclic amines) is 1. The molecule has 7 heteroatoms. The Bertz CT molecular complexity index is 549. The van der Waals surface area contributed by atoms with Gasteiger partial charge in [-0.2, -0.15) is 0 Å². The van der Waals surface area contributed by atoms with Gasteiger partial charge in [0.25, 0.3) is 5.91 Å². The lowest BCUT2D eigenvalue weighted by Crippen LogP contribution is -2.40. The first-order chi connectivity index (χ1) is 9.93. The van der Waals surface area contributed by atoms with Crippen molar-refractivity contribution in [2.45, 2.75) is 12.8 Å². The molecule has 1 aromatic heterocycles. The SMILES string of the molecule is COP(C)(=O)CC(=O)C1CCN(C(=O)c2cccs2)CC1. The van der Waals surface area contributed by atoms with Crippen molar-refractivity contribution < 1.29 is 18.7 Å². The minimum atomic E-state index is -2.80. The lowest BCUT2D eigenvalue weighted by atomic mass is 9.93. The van der Waals surface area contributed by atoms with Crippen molar-refractivity contribution in [3.05, 3.63) is 22.4 Å². The van der Waals surface area contributed by atoms with Gasteiger partial charge in [-0.1, -0.05) is 6.07 Å². The lowest BCUT2D eigenvalue weighted by Gasteiger charge is -2.31. The molecule has 1 atom stereocenters. The Balaban J connectivity index is 1.87. The summed E-state index contributed by atoms with van der Waals surface area (Å²) in [5, 5.41) is 1.88. The number of nitrogens with zero attached hydrogens (tertiary/aromatic N) is 1. The number of hydrogen-bond acceptors (Lipinski definition) is 5. The number of carbonyl (C=O) groups excluding carboxylic acids is 2. The van der Waals surface area contributed by atoms with Crippen LogP contribution in [0.4, 0.5) is 0 Å². The number of rotatable bonds is 5. The Morgan fingerprint density at radius 1 is 1.43 bits per heavy atom. The van der Waals surface area contributed by atoms with Crippen molar-refractivity contribution in [1.82, 2.24) is 4.90 Å². The van der Waals surface area contributed by atoms with Crippen LogP contribution in [0.5, 0.6) is 0 Å². The van der Waals surface area contributed by atoms with E-state index in [9.17, 15) is 14.2 Å². The summed E-state index contributed by atoms with van der Waals surface area (Å²) in [5.74, 6) is -0.0827. The molecule has 2 heterocycles. The first-order valence-electron chi connectivity index (χ1n) is 6.91. The van der Waals surface area contributed by atoms with E-state index >= 15 is 0 Å². The third-order valence-electron chi connectivity index (χ3n) is 3.80. The maximum atomic E-state index is 12.2. The standard InChI is InChI=1S/C14H20NO4PS/c1-19-20(2,18)10-12(16)11-5-7-15(8-6-11)14(17)13-4-3-9-21-13/h3-4,9,11H,5-8,10H2,1-2H3. The van der Waals surface area contributed by atoms with E-state index in [1.807, 2.05) is 17.5 Å². The minimum Gasteiger partial charge on any atom is -0.338 e. The van der Waals surface area contributed by atoms with Crippen molar-refractivity contribution in [3.63, 3.8) is 0 Å². The predicted octanol–water partition coefficient (Wildman–Crippen LogP) is 2.72. The van der Waals surface area contributed by atoms with Crippen LogP contribution in [0, 0.1) is 5.92 Å². The van der Waals surface area contributed by atoms with Crippen LogP contribution in [-0.4, -0.2) is 49.6 Å². The maximum Gasteiger partial charge on any atom is 0.263 e. The van der Waals surface area contributed by atoms with Gasteiger partial charge < -0.3 is 9.42 Å². The fraction of sp³-hybridized carbons (Fsp3) is 0.571. The summed E-state index contributed by atoms with van der Waals surface area (Å²) in [6, 6.07) is 3.67. The Kier molecular flexibility index (Phi) is 5.36. The molecule has 0 saturated carbocycles. The second kappa shape index (κ2) is 6.86. The van der Waals surface area contributed by atoms with Gasteiger partial charge in [-0.25, -0.2) is 0 Å². The van der Waals surface area contributed by atoms with Gasteiger partial charge in [-0.15, -0.1) is 11.3 Å². The highest BCUT2D eigenvalue weighted by Gasteiger charge is 2.30. The van der Waals surface area contributed by atoms with Gasteiger partial charge in [0.1, 0.15) is 5.78 Å². The van der Waals surface area contributed by atoms with E-state index in [1.165, 1.54) is 25.1 Å². The largest absolute Gasteiger partial charge is 0.338 e. The number of thiophene rings is 1. The molecular weight excluding hydrogens is 309 g/mol. The summed E-state index contributed by atoms with van der Waals surface area (Å²) in [6.45, 7) is 2.64. The van der Waals surface area contributed by atoms with Gasteiger partial charge in [-0.05, 0) is 24.3 Å². The van der Waals surface area contributed by atoms with E-state index < -0.39 is 7.37 Å². The van der Waals surface area contributed by atoms with Crippen LogP contribution in [0.15, 0.2) is 17.5 Å². The van der Waals surface area contributed by atoms with Gasteiger partial charge in [0, 0.05) is 32.8 Å². The number of Topliss-reactive ketones (excluding diaryl/α,β-unsaturated/α-hetero) is 1. The monoisotopic (exact) mass is 329 g/mol. The Hall–Kier alpha value is -0.970. The van der Waals surface area contributed by atoms with Crippen molar-refractivity contribution >= 4 is 30.4 Å². The quantitative estimate of drug-likeness (QED) is 0.779. The zero-order valence-corrected chi connectivity index (χ0v) is 14.0. The summed E-state index contributed by atoms with van der Waals surface area (Å²) < 4.78 is 16.7. The highest BCUT2D eigenvalue weighted by molar-refractivity contribution is 7.59. The van der Waals surface area contributed by atoms with Crippen LogP contribution in [0.2, 0.25) is 0 Å². The summed E-state index contributed by atoms with van der Waals surface area (Å²) in [6.07, 6.45) is 1.27. The van der Waals surface area contributed by atoms with Crippen molar-refractivity contribution in [1.29, 1.82) is 0 Å². The number of carbonyl (C=O) groups is 2. The van der Waals surface area contributed by atoms with Gasteiger partial charge in [0.05, 0.1) is 11.0 Å². The molecule has 0 aliphatic carbocycles. The van der Waals surface area contributed by atoms with E-state index in [-0.39, 0.29) is 23.8 Å². The first-order valence-corrected chi connectivity index (χ1v) is 10.0. The van der Waals surface area contributed by atoms with E-state index in [4.69, 9.17) is 4.52 Å². The molecule has 1 saturated heterocycles. The first kappa shape index (κ1) is 16.4. The van der Waals surface area contributed by atoms with Crippen molar-refractivity contribution in [2.75, 3.05) is 33.0 Å². The van der Waals surface area contributed by atoms with Crippen LogP contribution >= 0.6 is 18.7 Å². The lowest BCUT2D eigenvalue weighted by molar-refractivity contribution is -0.121. The second-order valence-electron chi connectivity index (χ2n) is 5.36. The minimum absolute atomic E-state index is 0.00691. The van der Waals surface area contributed by atoms with Crippen LogP contribution < -0.4 is 0 Å². The van der Waals surface area contributed by atoms with E-state index in [0.29, 0.717) is 25.9 Å². The second-order valence-corrected chi connectivity index (χ2v) is 9.02. The van der Waals surface area contributed by atoms with E-state index in [0.717, 1.165) is 4.88 Å². The Morgan fingerprint density at radius 2 is 2.10 bits per heavy atom. The summed E-state index contributed by atoms with van der Waals surface area (Å²) in [7, 11) is -1.43. The third-order valence-corrected chi connectivity index (χ3v) is 6.32. The zero-order valence-electron chi connectivity index (χ0n) is 12.3. The maximum absolute atomic E-state index is 12.2. The molecule has 1 aliphatic heterocycles.